The summed E-state index contributed by atoms with van der Waals surface area (Å²) in [4.78, 5) is 24.0. The van der Waals surface area contributed by atoms with Gasteiger partial charge >= 0.3 is 0 Å². The lowest BCUT2D eigenvalue weighted by atomic mass is 10.1. The third-order valence-corrected chi connectivity index (χ3v) is 4.39. The van der Waals surface area contributed by atoms with Gasteiger partial charge in [-0.2, -0.15) is 10.4 Å². The summed E-state index contributed by atoms with van der Waals surface area (Å²) in [5, 5.41) is 15.5. The molecule has 0 saturated heterocycles. The predicted molar refractivity (Wildman–Crippen MR) is 118 cm³/mol. The highest BCUT2D eigenvalue weighted by Gasteiger charge is 2.11. The van der Waals surface area contributed by atoms with Crippen LogP contribution in [-0.2, 0) is 4.79 Å². The fourth-order valence-electron chi connectivity index (χ4n) is 2.57. The predicted octanol–water partition coefficient (Wildman–Crippen LogP) is 4.13. The Labute approximate surface area is 188 Å². The second-order valence-corrected chi connectivity index (χ2v) is 6.81. The zero-order valence-electron chi connectivity index (χ0n) is 16.5. The summed E-state index contributed by atoms with van der Waals surface area (Å²) in [5.74, 6) is -1.62. The van der Waals surface area contributed by atoms with E-state index in [4.69, 9.17) is 21.6 Å². The van der Waals surface area contributed by atoms with E-state index in [0.717, 1.165) is 6.07 Å². The quantitative estimate of drug-likeness (QED) is 0.417. The average Bonchev–Trinajstić information content (AvgIpc) is 2.79. The molecule has 0 atom stereocenters. The molecule has 0 unspecified atom stereocenters. The molecular weight excluding hydrogens is 435 g/mol. The van der Waals surface area contributed by atoms with Crippen LogP contribution in [0, 0.1) is 17.1 Å². The summed E-state index contributed by atoms with van der Waals surface area (Å²) in [6, 6.07) is 19.0. The van der Waals surface area contributed by atoms with Crippen molar-refractivity contribution in [3.8, 4) is 11.8 Å². The van der Waals surface area contributed by atoms with Gasteiger partial charge in [0.05, 0.1) is 28.4 Å². The molecule has 2 amide bonds. The molecule has 0 radical (unpaired) electrons. The highest BCUT2D eigenvalue weighted by atomic mass is 35.5. The first-order chi connectivity index (χ1) is 15.5. The minimum atomic E-state index is -0.822. The van der Waals surface area contributed by atoms with E-state index >= 15 is 0 Å². The van der Waals surface area contributed by atoms with Crippen molar-refractivity contribution >= 4 is 35.3 Å². The van der Waals surface area contributed by atoms with E-state index in [-0.39, 0.29) is 28.7 Å². The summed E-state index contributed by atoms with van der Waals surface area (Å²) in [6.45, 7) is -0.228. The molecule has 0 spiro atoms. The Morgan fingerprint density at radius 1 is 1.12 bits per heavy atom. The smallest absolute Gasteiger partial charge is 0.274 e. The molecule has 0 saturated carbocycles. The number of para-hydroxylation sites is 1. The zero-order chi connectivity index (χ0) is 22.9. The standard InChI is InChI=1S/C23H16ClFN4O3/c24-19-10-16(13-27-29-23(31)18-8-6-15(12-26)11-20(18)25)7-9-21(19)32-14-22(30)28-17-4-2-1-3-5-17/h1-11,13H,14H2,(H,28,30)(H,29,31)/b27-13-. The molecular formula is C23H16ClFN4O3. The molecule has 3 rings (SSSR count). The van der Waals surface area contributed by atoms with Crippen molar-refractivity contribution in [1.29, 1.82) is 5.26 Å². The number of anilines is 1. The number of nitrogens with zero attached hydrogens (tertiary/aromatic N) is 2. The normalized spacial score (nSPS) is 10.4. The topological polar surface area (TPSA) is 104 Å². The summed E-state index contributed by atoms with van der Waals surface area (Å²) in [5.41, 5.74) is 3.27. The highest BCUT2D eigenvalue weighted by Crippen LogP contribution is 2.25. The maximum atomic E-state index is 13.9. The zero-order valence-corrected chi connectivity index (χ0v) is 17.3. The van der Waals surface area contributed by atoms with Crippen molar-refractivity contribution < 1.29 is 18.7 Å². The molecule has 160 valence electrons. The average molecular weight is 451 g/mol. The molecule has 3 aromatic rings. The van der Waals surface area contributed by atoms with Crippen LogP contribution in [0.1, 0.15) is 21.5 Å². The number of halogens is 2. The molecule has 0 aromatic heterocycles. The van der Waals surface area contributed by atoms with Gasteiger partial charge in [-0.05, 0) is 54.1 Å². The number of amides is 2. The van der Waals surface area contributed by atoms with Crippen molar-refractivity contribution in [2.75, 3.05) is 11.9 Å². The molecule has 0 aliphatic rings. The molecule has 3 aromatic carbocycles. The molecule has 0 aliphatic heterocycles. The number of nitrogens with one attached hydrogen (secondary N) is 2. The van der Waals surface area contributed by atoms with Gasteiger partial charge < -0.3 is 10.1 Å². The lowest BCUT2D eigenvalue weighted by molar-refractivity contribution is -0.118. The maximum absolute atomic E-state index is 13.9. The van der Waals surface area contributed by atoms with Crippen molar-refractivity contribution in [1.82, 2.24) is 5.43 Å². The minimum absolute atomic E-state index is 0.108. The van der Waals surface area contributed by atoms with Crippen molar-refractivity contribution in [2.24, 2.45) is 5.10 Å². The summed E-state index contributed by atoms with van der Waals surface area (Å²) < 4.78 is 19.3. The van der Waals surface area contributed by atoms with Gasteiger partial charge in [0.25, 0.3) is 11.8 Å². The molecule has 0 bridgehead atoms. The van der Waals surface area contributed by atoms with Gasteiger partial charge in [0.1, 0.15) is 11.6 Å². The van der Waals surface area contributed by atoms with Crippen LogP contribution in [-0.4, -0.2) is 24.6 Å². The van der Waals surface area contributed by atoms with Gasteiger partial charge in [0.15, 0.2) is 6.61 Å². The summed E-state index contributed by atoms with van der Waals surface area (Å²) >= 11 is 6.18. The maximum Gasteiger partial charge on any atom is 0.274 e. The molecule has 9 heteroatoms. The molecule has 7 nitrogen and oxygen atoms in total. The Morgan fingerprint density at radius 3 is 2.59 bits per heavy atom. The van der Waals surface area contributed by atoms with Crippen LogP contribution in [0.2, 0.25) is 5.02 Å². The van der Waals surface area contributed by atoms with E-state index < -0.39 is 11.7 Å². The van der Waals surface area contributed by atoms with Crippen LogP contribution in [0.25, 0.3) is 0 Å². The Hall–Kier alpha value is -4.22. The lowest BCUT2D eigenvalue weighted by Crippen LogP contribution is -2.20. The van der Waals surface area contributed by atoms with Gasteiger partial charge in [-0.25, -0.2) is 9.82 Å². The van der Waals surface area contributed by atoms with Crippen molar-refractivity contribution in [2.45, 2.75) is 0 Å². The van der Waals surface area contributed by atoms with Gasteiger partial charge in [-0.15, -0.1) is 0 Å². The molecule has 0 heterocycles. The number of carbonyl (C=O) groups is 2. The first-order valence-electron chi connectivity index (χ1n) is 9.26. The van der Waals surface area contributed by atoms with Gasteiger partial charge in [-0.3, -0.25) is 9.59 Å². The van der Waals surface area contributed by atoms with E-state index in [9.17, 15) is 14.0 Å². The first-order valence-corrected chi connectivity index (χ1v) is 9.64. The number of benzene rings is 3. The van der Waals surface area contributed by atoms with E-state index in [2.05, 4.69) is 15.8 Å². The SMILES string of the molecule is N#Cc1ccc(C(=O)N/N=C\c2ccc(OCC(=O)Nc3ccccc3)c(Cl)c2)c(F)c1. The van der Waals surface area contributed by atoms with Crippen LogP contribution in [0.5, 0.6) is 5.75 Å². The fraction of sp³-hybridized carbons (Fsp3) is 0.0435. The van der Waals surface area contributed by atoms with Gasteiger partial charge in [-0.1, -0.05) is 29.8 Å². The highest BCUT2D eigenvalue weighted by molar-refractivity contribution is 6.32. The Kier molecular flexibility index (Phi) is 7.51. The third-order valence-electron chi connectivity index (χ3n) is 4.09. The first kappa shape index (κ1) is 22.5. The molecule has 32 heavy (non-hydrogen) atoms. The Morgan fingerprint density at radius 2 is 1.91 bits per heavy atom. The summed E-state index contributed by atoms with van der Waals surface area (Å²) in [6.07, 6.45) is 1.32. The number of carbonyl (C=O) groups excluding carboxylic acids is 2. The van der Waals surface area contributed by atoms with Gasteiger partial charge in [0, 0.05) is 5.69 Å². The molecule has 0 aliphatic carbocycles. The van der Waals surface area contributed by atoms with E-state index in [0.29, 0.717) is 17.0 Å². The van der Waals surface area contributed by atoms with Crippen molar-refractivity contribution in [3.63, 3.8) is 0 Å². The number of hydrazone groups is 1. The van der Waals surface area contributed by atoms with Crippen LogP contribution < -0.4 is 15.5 Å². The number of hydrogen-bond acceptors (Lipinski definition) is 5. The van der Waals surface area contributed by atoms with E-state index in [1.54, 1.807) is 42.5 Å². The summed E-state index contributed by atoms with van der Waals surface area (Å²) in [7, 11) is 0. The van der Waals surface area contributed by atoms with Crippen LogP contribution in [0.15, 0.2) is 71.8 Å². The molecule has 0 fully saturated rings. The third kappa shape index (κ3) is 6.14. The second-order valence-electron chi connectivity index (χ2n) is 6.40. The Bertz CT molecular complexity index is 1210. The Balaban J connectivity index is 1.54. The number of ether oxygens (including phenoxy) is 1. The minimum Gasteiger partial charge on any atom is -0.482 e. The number of nitriles is 1. The second kappa shape index (κ2) is 10.7. The largest absolute Gasteiger partial charge is 0.482 e. The van der Waals surface area contributed by atoms with E-state index in [1.165, 1.54) is 24.4 Å². The van der Waals surface area contributed by atoms with Crippen LogP contribution in [0.3, 0.4) is 0 Å². The monoisotopic (exact) mass is 450 g/mol. The number of rotatable bonds is 7. The fourth-order valence-corrected chi connectivity index (χ4v) is 2.81. The molecule has 2 N–H and O–H groups in total. The van der Waals surface area contributed by atoms with Crippen LogP contribution >= 0.6 is 11.6 Å². The van der Waals surface area contributed by atoms with Crippen LogP contribution in [0.4, 0.5) is 10.1 Å². The van der Waals surface area contributed by atoms with E-state index in [1.807, 2.05) is 6.07 Å². The lowest BCUT2D eigenvalue weighted by Gasteiger charge is -2.09. The number of hydrogen-bond donors (Lipinski definition) is 2. The van der Waals surface area contributed by atoms with Crippen molar-refractivity contribution in [3.05, 3.63) is 94.3 Å². The van der Waals surface area contributed by atoms with Gasteiger partial charge in [0.2, 0.25) is 0 Å².